The highest BCUT2D eigenvalue weighted by Crippen LogP contribution is 2.51. The fraction of sp³-hybridized carbons (Fsp3) is 0.594. The van der Waals surface area contributed by atoms with Gasteiger partial charge in [0, 0.05) is 50.4 Å². The number of rotatable bonds is 15. The molecule has 0 aliphatic heterocycles. The van der Waals surface area contributed by atoms with Gasteiger partial charge in [-0.1, -0.05) is 19.6 Å². The van der Waals surface area contributed by atoms with Gasteiger partial charge in [0.15, 0.2) is 11.6 Å². The number of carbonyl (C=O) groups excluding carboxylic acids is 2. The van der Waals surface area contributed by atoms with E-state index in [2.05, 4.69) is 40.4 Å². The zero-order valence-electron chi connectivity index (χ0n) is 27.1. The lowest BCUT2D eigenvalue weighted by Gasteiger charge is -2.27. The molecule has 44 heavy (non-hydrogen) atoms. The number of anilines is 1. The van der Waals surface area contributed by atoms with Crippen molar-refractivity contribution >= 4 is 25.7 Å². The molecule has 2 amide bonds. The van der Waals surface area contributed by atoms with E-state index in [9.17, 15) is 9.59 Å². The van der Waals surface area contributed by atoms with Crippen molar-refractivity contribution in [2.75, 3.05) is 19.0 Å². The molecule has 2 saturated carbocycles. The van der Waals surface area contributed by atoms with Gasteiger partial charge in [0.1, 0.15) is 18.5 Å². The monoisotopic (exact) mass is 621 g/mol. The Hall–Kier alpha value is -3.51. The second-order valence-corrected chi connectivity index (χ2v) is 19.0. The first-order valence-electron chi connectivity index (χ1n) is 15.8. The summed E-state index contributed by atoms with van der Waals surface area (Å²) < 4.78 is 15.2. The van der Waals surface area contributed by atoms with E-state index in [1.807, 2.05) is 31.5 Å². The molecule has 1 atom stereocenters. The fourth-order valence-corrected chi connectivity index (χ4v) is 6.77. The van der Waals surface area contributed by atoms with Crippen LogP contribution in [0, 0.1) is 31.6 Å². The van der Waals surface area contributed by atoms with E-state index in [4.69, 9.17) is 14.6 Å². The lowest BCUT2D eigenvalue weighted by molar-refractivity contribution is -0.119. The number of methoxy groups -OCH3 is 1. The summed E-state index contributed by atoms with van der Waals surface area (Å²) in [6.07, 6.45) is 7.68. The number of aryl methyl sites for hydroxylation is 2. The SMILES string of the molecule is CCn1nccc1C(=O)NC(C(=O)Nc1ncc(-c2c(C)nn(COCC[Si](C)(C)C)c2C)cc1OC)C(C1CC1)C1CC1. The average molecular weight is 622 g/mol. The normalized spacial score (nSPS) is 15.8. The van der Waals surface area contributed by atoms with Gasteiger partial charge in [-0.3, -0.25) is 14.3 Å². The number of aromatic nitrogens is 5. The largest absolute Gasteiger partial charge is 0.493 e. The molecule has 5 rings (SSSR count). The van der Waals surface area contributed by atoms with Crippen LogP contribution in [0.2, 0.25) is 25.7 Å². The molecular formula is C32H47N7O4Si. The molecule has 2 aliphatic rings. The average Bonchev–Trinajstić information content (AvgIpc) is 3.92. The predicted molar refractivity (Wildman–Crippen MR) is 172 cm³/mol. The molecule has 0 radical (unpaired) electrons. The van der Waals surface area contributed by atoms with Gasteiger partial charge in [0.25, 0.3) is 5.91 Å². The minimum Gasteiger partial charge on any atom is -0.493 e. The third kappa shape index (κ3) is 7.40. The maximum absolute atomic E-state index is 13.9. The van der Waals surface area contributed by atoms with Crippen LogP contribution in [0.1, 0.15) is 54.5 Å². The maximum atomic E-state index is 13.9. The summed E-state index contributed by atoms with van der Waals surface area (Å²) in [4.78, 5) is 31.9. The molecule has 0 aromatic carbocycles. The van der Waals surface area contributed by atoms with Crippen molar-refractivity contribution in [2.24, 2.45) is 17.8 Å². The van der Waals surface area contributed by atoms with Gasteiger partial charge in [-0.15, -0.1) is 0 Å². The Morgan fingerprint density at radius 2 is 1.82 bits per heavy atom. The van der Waals surface area contributed by atoms with Crippen LogP contribution < -0.4 is 15.4 Å². The number of pyridine rings is 1. The predicted octanol–water partition coefficient (Wildman–Crippen LogP) is 5.27. The van der Waals surface area contributed by atoms with E-state index in [0.717, 1.165) is 60.8 Å². The van der Waals surface area contributed by atoms with Crippen LogP contribution in [-0.4, -0.2) is 64.2 Å². The van der Waals surface area contributed by atoms with E-state index >= 15 is 0 Å². The summed E-state index contributed by atoms with van der Waals surface area (Å²) in [5.41, 5.74) is 4.09. The summed E-state index contributed by atoms with van der Waals surface area (Å²) in [5.74, 6) is 1.16. The number of hydrogen-bond donors (Lipinski definition) is 2. The Morgan fingerprint density at radius 1 is 1.11 bits per heavy atom. The van der Waals surface area contributed by atoms with Gasteiger partial charge in [-0.25, -0.2) is 9.67 Å². The van der Waals surface area contributed by atoms with Crippen molar-refractivity contribution in [3.63, 3.8) is 0 Å². The Morgan fingerprint density at radius 3 is 2.43 bits per heavy atom. The van der Waals surface area contributed by atoms with Crippen molar-refractivity contribution in [2.45, 2.75) is 91.5 Å². The molecule has 2 N–H and O–H groups in total. The van der Waals surface area contributed by atoms with Gasteiger partial charge in [-0.2, -0.15) is 10.2 Å². The first kappa shape index (κ1) is 31.9. The lowest BCUT2D eigenvalue weighted by Crippen LogP contribution is -2.50. The summed E-state index contributed by atoms with van der Waals surface area (Å²) in [5, 5.41) is 15.0. The van der Waals surface area contributed by atoms with Crippen molar-refractivity contribution in [1.29, 1.82) is 0 Å². The quantitative estimate of drug-likeness (QED) is 0.175. The molecule has 2 aliphatic carbocycles. The number of nitrogens with zero attached hydrogens (tertiary/aromatic N) is 5. The highest BCUT2D eigenvalue weighted by Gasteiger charge is 2.48. The Bertz CT molecular complexity index is 1470. The van der Waals surface area contributed by atoms with E-state index < -0.39 is 14.1 Å². The van der Waals surface area contributed by atoms with Crippen molar-refractivity contribution in [3.05, 3.63) is 41.6 Å². The number of hydrogen-bond acceptors (Lipinski definition) is 7. The molecule has 3 aromatic rings. The summed E-state index contributed by atoms with van der Waals surface area (Å²) in [6.45, 7) is 14.6. The van der Waals surface area contributed by atoms with Crippen LogP contribution in [0.15, 0.2) is 24.5 Å². The zero-order valence-corrected chi connectivity index (χ0v) is 28.1. The number of amides is 2. The van der Waals surface area contributed by atoms with Crippen molar-refractivity contribution in [1.82, 2.24) is 29.9 Å². The lowest BCUT2D eigenvalue weighted by atomic mass is 9.88. The Labute approximate surface area is 261 Å². The highest BCUT2D eigenvalue weighted by molar-refractivity contribution is 6.76. The van der Waals surface area contributed by atoms with Crippen LogP contribution in [0.3, 0.4) is 0 Å². The smallest absolute Gasteiger partial charge is 0.270 e. The molecule has 0 bridgehead atoms. The second kappa shape index (κ2) is 13.2. The van der Waals surface area contributed by atoms with E-state index in [1.54, 1.807) is 30.3 Å². The van der Waals surface area contributed by atoms with Gasteiger partial charge < -0.3 is 20.1 Å². The zero-order chi connectivity index (χ0) is 31.6. The Balaban J connectivity index is 1.34. The molecule has 0 saturated heterocycles. The fourth-order valence-electron chi connectivity index (χ4n) is 6.02. The van der Waals surface area contributed by atoms with E-state index in [1.165, 1.54) is 0 Å². The number of ether oxygens (including phenoxy) is 2. The number of nitrogens with one attached hydrogen (secondary N) is 2. The van der Waals surface area contributed by atoms with Gasteiger partial charge in [0.2, 0.25) is 5.91 Å². The van der Waals surface area contributed by atoms with E-state index in [0.29, 0.717) is 42.4 Å². The molecule has 2 fully saturated rings. The van der Waals surface area contributed by atoms with E-state index in [-0.39, 0.29) is 17.7 Å². The van der Waals surface area contributed by atoms with Gasteiger partial charge in [0.05, 0.1) is 12.8 Å². The number of carbonyl (C=O) groups is 2. The first-order valence-corrected chi connectivity index (χ1v) is 19.5. The van der Waals surface area contributed by atoms with Gasteiger partial charge in [-0.05, 0) is 82.4 Å². The molecule has 238 valence electrons. The van der Waals surface area contributed by atoms with Crippen LogP contribution in [0.5, 0.6) is 5.75 Å². The topological polar surface area (TPSA) is 125 Å². The summed E-state index contributed by atoms with van der Waals surface area (Å²) in [6, 6.07) is 3.98. The first-order chi connectivity index (χ1) is 21.0. The van der Waals surface area contributed by atoms with Crippen LogP contribution >= 0.6 is 0 Å². The third-order valence-electron chi connectivity index (χ3n) is 8.73. The summed E-state index contributed by atoms with van der Waals surface area (Å²) in [7, 11) is 0.394. The minimum absolute atomic E-state index is 0.0892. The van der Waals surface area contributed by atoms with Crippen molar-refractivity contribution < 1.29 is 19.1 Å². The minimum atomic E-state index is -1.17. The highest BCUT2D eigenvalue weighted by atomic mass is 28.3. The summed E-state index contributed by atoms with van der Waals surface area (Å²) >= 11 is 0. The third-order valence-corrected chi connectivity index (χ3v) is 10.4. The van der Waals surface area contributed by atoms with Gasteiger partial charge >= 0.3 is 0 Å². The molecule has 12 heteroatoms. The molecule has 3 aromatic heterocycles. The van der Waals surface area contributed by atoms with Crippen LogP contribution in [0.25, 0.3) is 11.1 Å². The second-order valence-electron chi connectivity index (χ2n) is 13.4. The van der Waals surface area contributed by atoms with Crippen LogP contribution in [-0.2, 0) is 22.8 Å². The molecule has 11 nitrogen and oxygen atoms in total. The standard InChI is InChI=1S/C32H47N7O4Si/c1-8-38-25(13-14-34-38)31(40)35-29(28(22-9-10-22)23-11-12-23)32(41)36-30-26(42-4)17-24(18-33-30)27-20(2)37-39(21(27)3)19-43-15-16-44(5,6)7/h13-14,17-18,22-23,28-29H,8-12,15-16,19H2,1-7H3,(H,35,40)(H,33,36,41). The van der Waals surface area contributed by atoms with Crippen molar-refractivity contribution in [3.8, 4) is 16.9 Å². The molecular weight excluding hydrogens is 574 g/mol. The molecule has 1 unspecified atom stereocenters. The molecule has 0 spiro atoms. The maximum Gasteiger partial charge on any atom is 0.270 e. The Kier molecular flexibility index (Phi) is 9.59. The molecule has 3 heterocycles. The van der Waals surface area contributed by atoms with Crippen LogP contribution in [0.4, 0.5) is 5.82 Å².